The van der Waals surface area contributed by atoms with E-state index in [-0.39, 0.29) is 12.5 Å². The van der Waals surface area contributed by atoms with Gasteiger partial charge in [0.1, 0.15) is 5.76 Å². The van der Waals surface area contributed by atoms with E-state index in [1.807, 2.05) is 0 Å². The first kappa shape index (κ1) is 14.0. The molecule has 0 fully saturated rings. The Bertz CT molecular complexity index is 418. The van der Waals surface area contributed by atoms with E-state index in [0.29, 0.717) is 10.4 Å². The molecule has 0 saturated heterocycles. The number of nitrogens with zero attached hydrogens (tertiary/aromatic N) is 1. The van der Waals surface area contributed by atoms with Crippen LogP contribution in [0.2, 0.25) is 0 Å². The van der Waals surface area contributed by atoms with Gasteiger partial charge >= 0.3 is 0 Å². The van der Waals surface area contributed by atoms with Gasteiger partial charge in [-0.2, -0.15) is 0 Å². The van der Waals surface area contributed by atoms with Gasteiger partial charge in [-0.3, -0.25) is 4.79 Å². The Labute approximate surface area is 109 Å². The summed E-state index contributed by atoms with van der Waals surface area (Å²) in [5.41, 5.74) is -0.897. The molecule has 4 nitrogen and oxygen atoms in total. The summed E-state index contributed by atoms with van der Waals surface area (Å²) in [6.45, 7) is 3.59. The Morgan fingerprint density at radius 3 is 2.71 bits per heavy atom. The minimum atomic E-state index is -0.897. The lowest BCUT2D eigenvalue weighted by Crippen LogP contribution is -2.38. The van der Waals surface area contributed by atoms with Crippen LogP contribution in [0.4, 0.5) is 0 Å². The molecule has 0 aliphatic heterocycles. The smallest absolute Gasteiger partial charge is 0.246 e. The second kappa shape index (κ2) is 5.51. The zero-order valence-corrected chi connectivity index (χ0v) is 11.7. The van der Waals surface area contributed by atoms with Gasteiger partial charge in [0.05, 0.1) is 5.60 Å². The van der Waals surface area contributed by atoms with Crippen LogP contribution in [0.15, 0.2) is 27.3 Å². The SMILES string of the molecule is CN(CC(C)(C)O)C(=O)C=Cc1ccc(Br)o1. The van der Waals surface area contributed by atoms with Crippen LogP contribution in [0.25, 0.3) is 6.08 Å². The van der Waals surface area contributed by atoms with Gasteiger partial charge in [0.15, 0.2) is 4.67 Å². The van der Waals surface area contributed by atoms with Gasteiger partial charge in [-0.15, -0.1) is 0 Å². The van der Waals surface area contributed by atoms with Crippen molar-refractivity contribution >= 4 is 27.9 Å². The molecule has 1 N–H and O–H groups in total. The number of likely N-dealkylation sites (N-methyl/N-ethyl adjacent to an activating group) is 1. The predicted octanol–water partition coefficient (Wildman–Crippen LogP) is 2.28. The number of halogens is 1. The minimum Gasteiger partial charge on any atom is -0.450 e. The van der Waals surface area contributed by atoms with Crippen molar-refractivity contribution in [2.75, 3.05) is 13.6 Å². The maximum absolute atomic E-state index is 11.7. The van der Waals surface area contributed by atoms with Crippen molar-refractivity contribution in [3.05, 3.63) is 28.6 Å². The fourth-order valence-electron chi connectivity index (χ4n) is 1.36. The number of furan rings is 1. The Morgan fingerprint density at radius 2 is 2.24 bits per heavy atom. The molecule has 0 saturated carbocycles. The van der Waals surface area contributed by atoms with E-state index in [0.717, 1.165) is 0 Å². The first-order valence-electron chi connectivity index (χ1n) is 5.19. The molecule has 0 radical (unpaired) electrons. The Balaban J connectivity index is 2.57. The molecule has 0 spiro atoms. The number of carbonyl (C=O) groups is 1. The lowest BCUT2D eigenvalue weighted by Gasteiger charge is -2.24. The van der Waals surface area contributed by atoms with E-state index in [4.69, 9.17) is 4.42 Å². The van der Waals surface area contributed by atoms with Crippen LogP contribution >= 0.6 is 15.9 Å². The van der Waals surface area contributed by atoms with Crippen molar-refractivity contribution in [1.29, 1.82) is 0 Å². The first-order valence-corrected chi connectivity index (χ1v) is 5.98. The summed E-state index contributed by atoms with van der Waals surface area (Å²) in [4.78, 5) is 13.1. The highest BCUT2D eigenvalue weighted by Gasteiger charge is 2.17. The van der Waals surface area contributed by atoms with Gasteiger partial charge in [0.25, 0.3) is 0 Å². The molecular formula is C12H16BrNO3. The molecule has 0 aliphatic carbocycles. The molecule has 1 rings (SSSR count). The number of carbonyl (C=O) groups excluding carboxylic acids is 1. The summed E-state index contributed by atoms with van der Waals surface area (Å²) in [6.07, 6.45) is 3.00. The lowest BCUT2D eigenvalue weighted by molar-refractivity contribution is -0.127. The average Bonchev–Trinajstić information content (AvgIpc) is 2.58. The largest absolute Gasteiger partial charge is 0.450 e. The summed E-state index contributed by atoms with van der Waals surface area (Å²) in [5.74, 6) is 0.418. The number of hydrogen-bond acceptors (Lipinski definition) is 3. The van der Waals surface area contributed by atoms with E-state index in [2.05, 4.69) is 15.9 Å². The lowest BCUT2D eigenvalue weighted by atomic mass is 10.1. The van der Waals surface area contributed by atoms with Crippen LogP contribution in [0.5, 0.6) is 0 Å². The zero-order chi connectivity index (χ0) is 13.1. The quantitative estimate of drug-likeness (QED) is 0.868. The van der Waals surface area contributed by atoms with Crippen LogP contribution in [-0.4, -0.2) is 35.1 Å². The third-order valence-corrected chi connectivity index (χ3v) is 2.41. The third kappa shape index (κ3) is 5.19. The summed E-state index contributed by atoms with van der Waals surface area (Å²) in [6, 6.07) is 3.51. The molecule has 0 aliphatic rings. The second-order valence-corrected chi connectivity index (χ2v) is 5.26. The van der Waals surface area contributed by atoms with Crippen molar-refractivity contribution < 1.29 is 14.3 Å². The number of hydrogen-bond donors (Lipinski definition) is 1. The van der Waals surface area contributed by atoms with E-state index in [1.165, 1.54) is 11.0 Å². The van der Waals surface area contributed by atoms with Gasteiger partial charge in [0, 0.05) is 19.7 Å². The fourth-order valence-corrected chi connectivity index (χ4v) is 1.68. The normalized spacial score (nSPS) is 12.1. The fraction of sp³-hybridized carbons (Fsp3) is 0.417. The highest BCUT2D eigenvalue weighted by molar-refractivity contribution is 9.10. The van der Waals surface area contributed by atoms with Crippen LogP contribution in [-0.2, 0) is 4.79 Å². The van der Waals surface area contributed by atoms with Crippen molar-refractivity contribution in [3.8, 4) is 0 Å². The molecule has 1 heterocycles. The van der Waals surface area contributed by atoms with E-state index >= 15 is 0 Å². The Kier molecular flexibility index (Phi) is 4.54. The monoisotopic (exact) mass is 301 g/mol. The summed E-state index contributed by atoms with van der Waals surface area (Å²) in [5, 5.41) is 9.58. The summed E-state index contributed by atoms with van der Waals surface area (Å²) >= 11 is 3.18. The van der Waals surface area contributed by atoms with E-state index in [1.54, 1.807) is 39.1 Å². The van der Waals surface area contributed by atoms with Gasteiger partial charge in [-0.25, -0.2) is 0 Å². The van der Waals surface area contributed by atoms with Crippen molar-refractivity contribution in [3.63, 3.8) is 0 Å². The third-order valence-electron chi connectivity index (χ3n) is 1.98. The number of aliphatic hydroxyl groups is 1. The molecule has 0 bridgehead atoms. The van der Waals surface area contributed by atoms with Crippen molar-refractivity contribution in [2.24, 2.45) is 0 Å². The Morgan fingerprint density at radius 1 is 1.59 bits per heavy atom. The first-order chi connectivity index (χ1) is 7.78. The molecular weight excluding hydrogens is 286 g/mol. The predicted molar refractivity (Wildman–Crippen MR) is 69.4 cm³/mol. The Hall–Kier alpha value is -1.07. The average molecular weight is 302 g/mol. The maximum atomic E-state index is 11.7. The number of rotatable bonds is 4. The summed E-state index contributed by atoms with van der Waals surface area (Å²) < 4.78 is 5.84. The van der Waals surface area contributed by atoms with Gasteiger partial charge in [-0.1, -0.05) is 0 Å². The molecule has 0 atom stereocenters. The highest BCUT2D eigenvalue weighted by Crippen LogP contribution is 2.15. The standard InChI is InChI=1S/C12H16BrNO3/c1-12(2,16)8-14(3)11(15)7-5-9-4-6-10(13)17-9/h4-7,16H,8H2,1-3H3. The van der Waals surface area contributed by atoms with E-state index < -0.39 is 5.60 Å². The molecule has 17 heavy (non-hydrogen) atoms. The van der Waals surface area contributed by atoms with Crippen LogP contribution in [0, 0.1) is 0 Å². The second-order valence-electron chi connectivity index (χ2n) is 4.48. The summed E-state index contributed by atoms with van der Waals surface area (Å²) in [7, 11) is 1.64. The van der Waals surface area contributed by atoms with Gasteiger partial charge < -0.3 is 14.4 Å². The van der Waals surface area contributed by atoms with Crippen LogP contribution in [0.3, 0.4) is 0 Å². The van der Waals surface area contributed by atoms with Gasteiger partial charge in [-0.05, 0) is 48.0 Å². The van der Waals surface area contributed by atoms with Gasteiger partial charge in [0.2, 0.25) is 5.91 Å². The van der Waals surface area contributed by atoms with Crippen molar-refractivity contribution in [1.82, 2.24) is 4.90 Å². The molecule has 0 aromatic carbocycles. The molecule has 1 aromatic heterocycles. The molecule has 1 aromatic rings. The molecule has 0 unspecified atom stereocenters. The van der Waals surface area contributed by atoms with Crippen LogP contribution < -0.4 is 0 Å². The zero-order valence-electron chi connectivity index (χ0n) is 10.1. The maximum Gasteiger partial charge on any atom is 0.246 e. The molecule has 5 heteroatoms. The molecule has 94 valence electrons. The van der Waals surface area contributed by atoms with E-state index in [9.17, 15) is 9.90 Å². The number of amides is 1. The molecule has 1 amide bonds. The highest BCUT2D eigenvalue weighted by atomic mass is 79.9. The topological polar surface area (TPSA) is 53.7 Å². The minimum absolute atomic E-state index is 0.181. The van der Waals surface area contributed by atoms with Crippen LogP contribution in [0.1, 0.15) is 19.6 Å². The van der Waals surface area contributed by atoms with Crippen molar-refractivity contribution in [2.45, 2.75) is 19.4 Å².